The molecule has 0 atom stereocenters. The van der Waals surface area contributed by atoms with Crippen molar-refractivity contribution in [2.75, 3.05) is 46.5 Å². The maximum atomic E-state index is 5.95. The summed E-state index contributed by atoms with van der Waals surface area (Å²) in [5.41, 5.74) is 2.56. The number of ether oxygens (including phenoxy) is 2. The molecule has 27 heavy (non-hydrogen) atoms. The number of hydrogen-bond acceptors (Lipinski definition) is 4. The van der Waals surface area contributed by atoms with Gasteiger partial charge in [-0.25, -0.2) is 0 Å². The minimum atomic E-state index is 0. The Balaban J connectivity index is 0.00000364. The van der Waals surface area contributed by atoms with E-state index in [1.165, 1.54) is 11.1 Å². The molecule has 7 heteroatoms. The van der Waals surface area contributed by atoms with Gasteiger partial charge in [0, 0.05) is 58.9 Å². The second-order valence-corrected chi connectivity index (χ2v) is 6.69. The van der Waals surface area contributed by atoms with E-state index in [0.717, 1.165) is 71.0 Å². The van der Waals surface area contributed by atoms with Crippen LogP contribution in [-0.2, 0) is 15.9 Å². The zero-order valence-corrected chi connectivity index (χ0v) is 19.3. The molecule has 1 fully saturated rings. The lowest BCUT2D eigenvalue weighted by Gasteiger charge is -2.34. The van der Waals surface area contributed by atoms with Crippen LogP contribution in [0.3, 0.4) is 0 Å². The summed E-state index contributed by atoms with van der Waals surface area (Å²) < 4.78 is 11.0. The largest absolute Gasteiger partial charge is 0.385 e. The number of guanidine groups is 1. The Bertz CT molecular complexity index is 549. The molecule has 0 amide bonds. The molecule has 0 radical (unpaired) electrons. The maximum absolute atomic E-state index is 5.95. The van der Waals surface area contributed by atoms with Gasteiger partial charge in [0.25, 0.3) is 0 Å². The molecule has 1 aromatic rings. The molecule has 1 aliphatic heterocycles. The summed E-state index contributed by atoms with van der Waals surface area (Å²) in [5, 5.41) is 3.43. The number of piperidine rings is 1. The molecule has 0 aromatic carbocycles. The summed E-state index contributed by atoms with van der Waals surface area (Å²) in [6.45, 7) is 9.46. The fourth-order valence-electron chi connectivity index (χ4n) is 3.18. The quantitative estimate of drug-likeness (QED) is 0.250. The molecule has 0 unspecified atom stereocenters. The third kappa shape index (κ3) is 8.74. The van der Waals surface area contributed by atoms with Crippen LogP contribution in [0, 0.1) is 6.92 Å². The highest BCUT2D eigenvalue weighted by molar-refractivity contribution is 14.0. The van der Waals surface area contributed by atoms with Crippen LogP contribution < -0.4 is 5.32 Å². The normalized spacial score (nSPS) is 15.5. The summed E-state index contributed by atoms with van der Waals surface area (Å²) in [4.78, 5) is 11.4. The number of nitrogens with zero attached hydrogens (tertiary/aromatic N) is 3. The van der Waals surface area contributed by atoms with Crippen molar-refractivity contribution in [1.82, 2.24) is 15.2 Å². The minimum absolute atomic E-state index is 0. The van der Waals surface area contributed by atoms with Crippen LogP contribution in [0.1, 0.15) is 37.3 Å². The van der Waals surface area contributed by atoms with Gasteiger partial charge >= 0.3 is 0 Å². The Morgan fingerprint density at radius 3 is 2.78 bits per heavy atom. The van der Waals surface area contributed by atoms with E-state index in [1.807, 2.05) is 12.4 Å². The maximum Gasteiger partial charge on any atom is 0.193 e. The Morgan fingerprint density at radius 1 is 1.33 bits per heavy atom. The van der Waals surface area contributed by atoms with Gasteiger partial charge in [-0.3, -0.25) is 9.98 Å². The smallest absolute Gasteiger partial charge is 0.193 e. The first-order valence-corrected chi connectivity index (χ1v) is 9.77. The molecule has 2 rings (SSSR count). The zero-order chi connectivity index (χ0) is 18.6. The van der Waals surface area contributed by atoms with Gasteiger partial charge in [0.1, 0.15) is 0 Å². The molecule has 2 heterocycles. The Labute approximate surface area is 181 Å². The molecule has 0 bridgehead atoms. The lowest BCUT2D eigenvalue weighted by Crippen LogP contribution is -2.47. The van der Waals surface area contributed by atoms with E-state index in [1.54, 1.807) is 7.11 Å². The number of methoxy groups -OCH3 is 1. The third-order valence-corrected chi connectivity index (χ3v) is 4.70. The van der Waals surface area contributed by atoms with E-state index < -0.39 is 0 Å². The lowest BCUT2D eigenvalue weighted by atomic mass is 10.1. The van der Waals surface area contributed by atoms with E-state index >= 15 is 0 Å². The molecule has 0 aliphatic carbocycles. The number of halogens is 1. The SMILES string of the molecule is CCNC(=NCCc1ccncc1C)N1CCC(OCCCOC)CC1.I. The minimum Gasteiger partial charge on any atom is -0.385 e. The third-order valence-electron chi connectivity index (χ3n) is 4.70. The number of aromatic nitrogens is 1. The van der Waals surface area contributed by atoms with Crippen LogP contribution in [-0.4, -0.2) is 68.4 Å². The van der Waals surface area contributed by atoms with Gasteiger partial charge < -0.3 is 19.7 Å². The van der Waals surface area contributed by atoms with Gasteiger partial charge in [-0.05, 0) is 56.7 Å². The second-order valence-electron chi connectivity index (χ2n) is 6.69. The average molecular weight is 490 g/mol. The monoisotopic (exact) mass is 490 g/mol. The molecule has 0 spiro atoms. The summed E-state index contributed by atoms with van der Waals surface area (Å²) in [6.07, 6.45) is 8.17. The lowest BCUT2D eigenvalue weighted by molar-refractivity contribution is 0.00991. The number of rotatable bonds is 9. The van der Waals surface area contributed by atoms with Crippen molar-refractivity contribution >= 4 is 29.9 Å². The van der Waals surface area contributed by atoms with Gasteiger partial charge in [-0.1, -0.05) is 0 Å². The van der Waals surface area contributed by atoms with Crippen LogP contribution in [0.2, 0.25) is 0 Å². The highest BCUT2D eigenvalue weighted by Gasteiger charge is 2.21. The molecule has 1 N–H and O–H groups in total. The fraction of sp³-hybridized carbons (Fsp3) is 0.700. The van der Waals surface area contributed by atoms with E-state index in [9.17, 15) is 0 Å². The first kappa shape index (κ1) is 24.1. The summed E-state index contributed by atoms with van der Waals surface area (Å²) in [6, 6.07) is 2.09. The molecule has 1 saturated heterocycles. The molecule has 1 aliphatic rings. The summed E-state index contributed by atoms with van der Waals surface area (Å²) in [7, 11) is 1.73. The van der Waals surface area contributed by atoms with Crippen LogP contribution >= 0.6 is 24.0 Å². The van der Waals surface area contributed by atoms with Gasteiger partial charge in [-0.15, -0.1) is 24.0 Å². The highest BCUT2D eigenvalue weighted by Crippen LogP contribution is 2.14. The Hall–Kier alpha value is -0.930. The second kappa shape index (κ2) is 14.1. The van der Waals surface area contributed by atoms with Gasteiger partial charge in [0.05, 0.1) is 6.10 Å². The van der Waals surface area contributed by atoms with Crippen molar-refractivity contribution in [2.24, 2.45) is 4.99 Å². The van der Waals surface area contributed by atoms with Crippen LogP contribution in [0.5, 0.6) is 0 Å². The molecule has 6 nitrogen and oxygen atoms in total. The number of pyridine rings is 1. The molecule has 154 valence electrons. The number of aliphatic imine (C=N–C) groups is 1. The van der Waals surface area contributed by atoms with E-state index in [0.29, 0.717) is 6.10 Å². The summed E-state index contributed by atoms with van der Waals surface area (Å²) >= 11 is 0. The van der Waals surface area contributed by atoms with Crippen molar-refractivity contribution < 1.29 is 9.47 Å². The average Bonchev–Trinajstić information content (AvgIpc) is 2.67. The Kier molecular flexibility index (Phi) is 12.6. The Morgan fingerprint density at radius 2 is 2.11 bits per heavy atom. The number of nitrogens with one attached hydrogen (secondary N) is 1. The molecular formula is C20H35IN4O2. The molecular weight excluding hydrogens is 455 g/mol. The summed E-state index contributed by atoms with van der Waals surface area (Å²) in [5.74, 6) is 1.03. The standard InChI is InChI=1S/C20H34N4O2.HI/c1-4-22-20(23-11-7-18-6-10-21-16-17(18)2)24-12-8-19(9-13-24)26-15-5-14-25-3;/h6,10,16,19H,4-5,7-9,11-15H2,1-3H3,(H,22,23);1H. The molecule has 0 saturated carbocycles. The first-order valence-electron chi connectivity index (χ1n) is 9.77. The topological polar surface area (TPSA) is 59.0 Å². The number of aryl methyl sites for hydroxylation is 1. The van der Waals surface area contributed by atoms with Crippen molar-refractivity contribution in [3.8, 4) is 0 Å². The molecule has 1 aromatic heterocycles. The highest BCUT2D eigenvalue weighted by atomic mass is 127. The van der Waals surface area contributed by atoms with Crippen LogP contribution in [0.25, 0.3) is 0 Å². The van der Waals surface area contributed by atoms with E-state index in [-0.39, 0.29) is 24.0 Å². The van der Waals surface area contributed by atoms with Gasteiger partial charge in [0.15, 0.2) is 5.96 Å². The number of hydrogen-bond donors (Lipinski definition) is 1. The fourth-order valence-corrected chi connectivity index (χ4v) is 3.18. The van der Waals surface area contributed by atoms with E-state index in [4.69, 9.17) is 14.5 Å². The van der Waals surface area contributed by atoms with Crippen molar-refractivity contribution in [1.29, 1.82) is 0 Å². The predicted octanol–water partition coefficient (Wildman–Crippen LogP) is 3.03. The van der Waals surface area contributed by atoms with E-state index in [2.05, 4.69) is 35.1 Å². The van der Waals surface area contributed by atoms with Crippen LogP contribution in [0.4, 0.5) is 0 Å². The number of likely N-dealkylation sites (tertiary alicyclic amines) is 1. The predicted molar refractivity (Wildman–Crippen MR) is 121 cm³/mol. The zero-order valence-electron chi connectivity index (χ0n) is 16.9. The van der Waals surface area contributed by atoms with Gasteiger partial charge in [0.2, 0.25) is 0 Å². The van der Waals surface area contributed by atoms with Crippen LogP contribution in [0.15, 0.2) is 23.5 Å². The van der Waals surface area contributed by atoms with Gasteiger partial charge in [-0.2, -0.15) is 0 Å². The van der Waals surface area contributed by atoms with Crippen molar-refractivity contribution in [3.63, 3.8) is 0 Å². The first-order chi connectivity index (χ1) is 12.7. The van der Waals surface area contributed by atoms with Crippen molar-refractivity contribution in [3.05, 3.63) is 29.6 Å². The van der Waals surface area contributed by atoms with Crippen molar-refractivity contribution in [2.45, 2.75) is 45.6 Å².